The first-order chi connectivity index (χ1) is 7.18. The highest BCUT2D eigenvalue weighted by Gasteiger charge is 2.44. The lowest BCUT2D eigenvalue weighted by atomic mass is 9.94. The Hall–Kier alpha value is -0.130. The molecule has 0 aromatic carbocycles. The van der Waals surface area contributed by atoms with Crippen molar-refractivity contribution in [1.82, 2.24) is 9.62 Å². The largest absolute Gasteiger partial charge is 0.312 e. The molecule has 2 saturated heterocycles. The summed E-state index contributed by atoms with van der Waals surface area (Å²) in [4.78, 5) is 0. The lowest BCUT2D eigenvalue weighted by molar-refractivity contribution is 0.249. The Morgan fingerprint density at radius 2 is 1.93 bits per heavy atom. The molecule has 3 aliphatic rings. The van der Waals surface area contributed by atoms with Crippen LogP contribution in [0.1, 0.15) is 25.7 Å². The summed E-state index contributed by atoms with van der Waals surface area (Å²) in [5.41, 5.74) is 0. The van der Waals surface area contributed by atoms with Gasteiger partial charge in [0.1, 0.15) is 0 Å². The van der Waals surface area contributed by atoms with Crippen molar-refractivity contribution in [2.24, 2.45) is 5.92 Å². The quantitative estimate of drug-likeness (QED) is 0.735. The molecule has 15 heavy (non-hydrogen) atoms. The molecule has 0 bridgehead atoms. The number of nitrogens with one attached hydrogen (secondary N) is 1. The summed E-state index contributed by atoms with van der Waals surface area (Å²) in [6, 6.07) is 0.423. The Kier molecular flexibility index (Phi) is 2.30. The molecule has 4 nitrogen and oxygen atoms in total. The molecule has 86 valence electrons. The first kappa shape index (κ1) is 10.1. The van der Waals surface area contributed by atoms with Gasteiger partial charge >= 0.3 is 0 Å². The van der Waals surface area contributed by atoms with Crippen LogP contribution in [0.5, 0.6) is 0 Å². The molecule has 1 aliphatic carbocycles. The third kappa shape index (κ3) is 1.70. The van der Waals surface area contributed by atoms with Gasteiger partial charge in [-0.05, 0) is 38.1 Å². The van der Waals surface area contributed by atoms with Crippen molar-refractivity contribution in [2.45, 2.75) is 37.0 Å². The lowest BCUT2D eigenvalue weighted by Crippen LogP contribution is -2.49. The van der Waals surface area contributed by atoms with Gasteiger partial charge in [0.2, 0.25) is 10.0 Å². The molecule has 0 spiro atoms. The van der Waals surface area contributed by atoms with Crippen LogP contribution in [0.4, 0.5) is 0 Å². The summed E-state index contributed by atoms with van der Waals surface area (Å²) in [6.45, 7) is 2.53. The van der Waals surface area contributed by atoms with Crippen LogP contribution in [-0.4, -0.2) is 43.6 Å². The van der Waals surface area contributed by atoms with E-state index in [9.17, 15) is 8.42 Å². The van der Waals surface area contributed by atoms with Crippen molar-refractivity contribution in [3.63, 3.8) is 0 Å². The van der Waals surface area contributed by atoms with Gasteiger partial charge in [0.15, 0.2) is 0 Å². The zero-order valence-electron chi connectivity index (χ0n) is 8.85. The Bertz CT molecular complexity index is 350. The highest BCUT2D eigenvalue weighted by atomic mass is 32.2. The Morgan fingerprint density at radius 3 is 2.67 bits per heavy atom. The number of sulfonamides is 1. The molecule has 2 aliphatic heterocycles. The molecule has 0 radical (unpaired) electrons. The molecular weight excluding hydrogens is 212 g/mol. The number of hydrogen-bond acceptors (Lipinski definition) is 3. The van der Waals surface area contributed by atoms with E-state index in [4.69, 9.17) is 0 Å². The van der Waals surface area contributed by atoms with Gasteiger partial charge in [0.05, 0.1) is 5.25 Å². The summed E-state index contributed by atoms with van der Waals surface area (Å²) >= 11 is 0. The third-order valence-corrected chi connectivity index (χ3v) is 6.31. The van der Waals surface area contributed by atoms with Gasteiger partial charge in [0.25, 0.3) is 0 Å². The molecule has 5 heteroatoms. The SMILES string of the molecule is O=S(=O)(C1CC1)N1CC[C@@H]2CCN[C@@H]2C1. The fraction of sp³-hybridized carbons (Fsp3) is 1.00. The van der Waals surface area contributed by atoms with Crippen molar-refractivity contribution in [2.75, 3.05) is 19.6 Å². The van der Waals surface area contributed by atoms with E-state index in [2.05, 4.69) is 5.32 Å². The van der Waals surface area contributed by atoms with Crippen LogP contribution in [0.15, 0.2) is 0 Å². The van der Waals surface area contributed by atoms with E-state index in [-0.39, 0.29) is 5.25 Å². The fourth-order valence-corrected chi connectivity index (χ4v) is 4.69. The number of fused-ring (bicyclic) bond motifs is 1. The normalized spacial score (nSPS) is 37.9. The Morgan fingerprint density at radius 1 is 1.13 bits per heavy atom. The van der Waals surface area contributed by atoms with E-state index in [1.54, 1.807) is 4.31 Å². The van der Waals surface area contributed by atoms with Crippen LogP contribution in [0, 0.1) is 5.92 Å². The minimum atomic E-state index is -2.93. The predicted octanol–water partition coefficient (Wildman–Crippen LogP) is 0.162. The molecule has 3 rings (SSSR count). The highest BCUT2D eigenvalue weighted by Crippen LogP contribution is 2.34. The molecule has 0 aromatic rings. The Labute approximate surface area is 91.1 Å². The van der Waals surface area contributed by atoms with E-state index >= 15 is 0 Å². The molecule has 3 fully saturated rings. The summed E-state index contributed by atoms with van der Waals surface area (Å²) in [5, 5.41) is 3.37. The van der Waals surface area contributed by atoms with Gasteiger partial charge in [-0.1, -0.05) is 0 Å². The van der Waals surface area contributed by atoms with Crippen molar-refractivity contribution in [1.29, 1.82) is 0 Å². The molecule has 0 unspecified atom stereocenters. The zero-order chi connectivity index (χ0) is 10.5. The summed E-state index contributed by atoms with van der Waals surface area (Å²) in [6.07, 6.45) is 4.02. The lowest BCUT2D eigenvalue weighted by Gasteiger charge is -2.34. The first-order valence-electron chi connectivity index (χ1n) is 5.90. The molecule has 2 atom stereocenters. The van der Waals surface area contributed by atoms with Crippen LogP contribution in [-0.2, 0) is 10.0 Å². The van der Waals surface area contributed by atoms with Crippen molar-refractivity contribution < 1.29 is 8.42 Å². The average Bonchev–Trinajstić information content (AvgIpc) is 2.97. The van der Waals surface area contributed by atoms with Crippen molar-refractivity contribution in [3.8, 4) is 0 Å². The summed E-state index contributed by atoms with van der Waals surface area (Å²) in [7, 11) is -2.93. The monoisotopic (exact) mass is 230 g/mol. The van der Waals surface area contributed by atoms with Gasteiger partial charge < -0.3 is 5.32 Å². The minimum Gasteiger partial charge on any atom is -0.312 e. The second-order valence-corrected chi connectivity index (χ2v) is 7.21. The van der Waals surface area contributed by atoms with Crippen LogP contribution in [0.25, 0.3) is 0 Å². The number of hydrogen-bond donors (Lipinski definition) is 1. The maximum Gasteiger partial charge on any atom is 0.217 e. The van der Waals surface area contributed by atoms with E-state index in [1.807, 2.05) is 0 Å². The zero-order valence-corrected chi connectivity index (χ0v) is 9.67. The van der Waals surface area contributed by atoms with Crippen LogP contribution >= 0.6 is 0 Å². The van der Waals surface area contributed by atoms with Crippen LogP contribution in [0.2, 0.25) is 0 Å². The van der Waals surface area contributed by atoms with Crippen LogP contribution in [0.3, 0.4) is 0 Å². The number of piperidine rings is 1. The smallest absolute Gasteiger partial charge is 0.217 e. The van der Waals surface area contributed by atoms with E-state index < -0.39 is 10.0 Å². The second-order valence-electron chi connectivity index (χ2n) is 5.00. The third-order valence-electron chi connectivity index (χ3n) is 3.95. The molecule has 1 saturated carbocycles. The predicted molar refractivity (Wildman–Crippen MR) is 58.0 cm³/mol. The molecule has 0 amide bonds. The van der Waals surface area contributed by atoms with Gasteiger partial charge in [-0.2, -0.15) is 0 Å². The maximum atomic E-state index is 12.0. The molecule has 0 aromatic heterocycles. The van der Waals surface area contributed by atoms with E-state index in [0.717, 1.165) is 38.3 Å². The Balaban J connectivity index is 1.73. The van der Waals surface area contributed by atoms with Crippen LogP contribution < -0.4 is 5.32 Å². The molecular formula is C10H18N2O2S. The highest BCUT2D eigenvalue weighted by molar-refractivity contribution is 7.90. The average molecular weight is 230 g/mol. The van der Waals surface area contributed by atoms with E-state index in [0.29, 0.717) is 12.6 Å². The van der Waals surface area contributed by atoms with Crippen molar-refractivity contribution in [3.05, 3.63) is 0 Å². The molecule has 2 heterocycles. The maximum absolute atomic E-state index is 12.0. The number of rotatable bonds is 2. The summed E-state index contributed by atoms with van der Waals surface area (Å²) < 4.78 is 25.8. The minimum absolute atomic E-state index is 0.0459. The van der Waals surface area contributed by atoms with E-state index in [1.165, 1.54) is 6.42 Å². The second kappa shape index (κ2) is 3.43. The summed E-state index contributed by atoms with van der Waals surface area (Å²) in [5.74, 6) is 0.718. The van der Waals surface area contributed by atoms with Gasteiger partial charge in [-0.3, -0.25) is 0 Å². The van der Waals surface area contributed by atoms with Crippen molar-refractivity contribution >= 4 is 10.0 Å². The topological polar surface area (TPSA) is 49.4 Å². The van der Waals surface area contributed by atoms with Gasteiger partial charge in [-0.15, -0.1) is 0 Å². The molecule has 1 N–H and O–H groups in total. The van der Waals surface area contributed by atoms with Gasteiger partial charge in [0, 0.05) is 19.1 Å². The standard InChI is InChI=1S/C10H18N2O2S/c13-15(14,9-1-2-9)12-6-4-8-3-5-11-10(8)7-12/h8-11H,1-7H2/t8-,10+/m0/s1. The fourth-order valence-electron chi connectivity index (χ4n) is 2.81. The van der Waals surface area contributed by atoms with Gasteiger partial charge in [-0.25, -0.2) is 12.7 Å². The number of nitrogens with zero attached hydrogens (tertiary/aromatic N) is 1. The first-order valence-corrected chi connectivity index (χ1v) is 7.40.